The van der Waals surface area contributed by atoms with Crippen LogP contribution in [0.5, 0.6) is 0 Å². The summed E-state index contributed by atoms with van der Waals surface area (Å²) in [6.45, 7) is 0. The molecular formula is C14H18O3. The minimum Gasteiger partial charge on any atom is -0.481 e. The van der Waals surface area contributed by atoms with Gasteiger partial charge in [-0.25, -0.2) is 0 Å². The van der Waals surface area contributed by atoms with Crippen LogP contribution in [0.15, 0.2) is 30.3 Å². The standard InChI is InChI=1S/C14H18O3/c15-13(16)10-12-8-4-5-9-14(12,17)11-6-2-1-3-7-11/h1-3,6-7,12,17H,4-5,8-10H2,(H,15,16). The monoisotopic (exact) mass is 234 g/mol. The predicted molar refractivity (Wildman–Crippen MR) is 64.5 cm³/mol. The molecule has 0 heterocycles. The molecule has 0 aliphatic heterocycles. The van der Waals surface area contributed by atoms with Crippen molar-refractivity contribution in [1.29, 1.82) is 0 Å². The Morgan fingerprint density at radius 3 is 2.65 bits per heavy atom. The van der Waals surface area contributed by atoms with Crippen molar-refractivity contribution < 1.29 is 15.0 Å². The van der Waals surface area contributed by atoms with Crippen molar-refractivity contribution in [2.45, 2.75) is 37.7 Å². The van der Waals surface area contributed by atoms with Gasteiger partial charge in [0.25, 0.3) is 0 Å². The SMILES string of the molecule is O=C(O)CC1CCCCC1(O)c1ccccc1. The van der Waals surface area contributed by atoms with E-state index in [0.29, 0.717) is 6.42 Å². The van der Waals surface area contributed by atoms with Crippen molar-refractivity contribution in [2.75, 3.05) is 0 Å². The average molecular weight is 234 g/mol. The Labute approximate surface area is 101 Å². The van der Waals surface area contributed by atoms with Crippen LogP contribution in [0.3, 0.4) is 0 Å². The van der Waals surface area contributed by atoms with Gasteiger partial charge in [-0.2, -0.15) is 0 Å². The van der Waals surface area contributed by atoms with Crippen LogP contribution in [-0.4, -0.2) is 16.2 Å². The maximum absolute atomic E-state index is 10.9. The molecule has 1 aromatic carbocycles. The Morgan fingerprint density at radius 2 is 2.00 bits per heavy atom. The first kappa shape index (κ1) is 12.1. The Bertz CT molecular complexity index is 388. The van der Waals surface area contributed by atoms with Gasteiger partial charge in [-0.15, -0.1) is 0 Å². The maximum Gasteiger partial charge on any atom is 0.303 e. The summed E-state index contributed by atoms with van der Waals surface area (Å²) in [6, 6.07) is 9.46. The summed E-state index contributed by atoms with van der Waals surface area (Å²) in [4.78, 5) is 10.9. The Kier molecular flexibility index (Phi) is 3.48. The first-order chi connectivity index (χ1) is 8.13. The lowest BCUT2D eigenvalue weighted by atomic mass is 9.70. The molecule has 0 amide bonds. The van der Waals surface area contributed by atoms with Crippen molar-refractivity contribution in [3.05, 3.63) is 35.9 Å². The molecule has 3 nitrogen and oxygen atoms in total. The van der Waals surface area contributed by atoms with E-state index in [1.165, 1.54) is 0 Å². The molecule has 17 heavy (non-hydrogen) atoms. The van der Waals surface area contributed by atoms with Crippen LogP contribution in [0.2, 0.25) is 0 Å². The highest BCUT2D eigenvalue weighted by Crippen LogP contribution is 2.43. The zero-order valence-corrected chi connectivity index (χ0v) is 9.80. The molecule has 2 atom stereocenters. The molecule has 1 fully saturated rings. The predicted octanol–water partition coefficient (Wildman–Crippen LogP) is 2.54. The molecule has 1 aromatic rings. The number of carboxylic acid groups (broad SMARTS) is 1. The van der Waals surface area contributed by atoms with E-state index < -0.39 is 11.6 Å². The topological polar surface area (TPSA) is 57.5 Å². The third-order valence-electron chi connectivity index (χ3n) is 3.73. The summed E-state index contributed by atoms with van der Waals surface area (Å²) in [5, 5.41) is 19.7. The van der Waals surface area contributed by atoms with Gasteiger partial charge in [0.05, 0.1) is 12.0 Å². The summed E-state index contributed by atoms with van der Waals surface area (Å²) >= 11 is 0. The van der Waals surface area contributed by atoms with E-state index >= 15 is 0 Å². The number of hydrogen-bond donors (Lipinski definition) is 2. The van der Waals surface area contributed by atoms with Gasteiger partial charge >= 0.3 is 5.97 Å². The summed E-state index contributed by atoms with van der Waals surface area (Å²) < 4.78 is 0. The van der Waals surface area contributed by atoms with Crippen LogP contribution in [-0.2, 0) is 10.4 Å². The highest BCUT2D eigenvalue weighted by atomic mass is 16.4. The molecule has 0 saturated heterocycles. The number of hydrogen-bond acceptors (Lipinski definition) is 2. The van der Waals surface area contributed by atoms with Crippen LogP contribution in [0, 0.1) is 5.92 Å². The van der Waals surface area contributed by atoms with E-state index in [4.69, 9.17) is 5.11 Å². The number of aliphatic carboxylic acids is 1. The summed E-state index contributed by atoms with van der Waals surface area (Å²) in [6.07, 6.45) is 3.46. The molecule has 2 N–H and O–H groups in total. The number of carbonyl (C=O) groups is 1. The third kappa shape index (κ3) is 2.50. The fraction of sp³-hybridized carbons (Fsp3) is 0.500. The van der Waals surface area contributed by atoms with Crippen molar-refractivity contribution >= 4 is 5.97 Å². The van der Waals surface area contributed by atoms with Crippen molar-refractivity contribution in [3.8, 4) is 0 Å². The van der Waals surface area contributed by atoms with E-state index in [1.54, 1.807) is 0 Å². The minimum atomic E-state index is -0.960. The molecule has 2 rings (SSSR count). The highest BCUT2D eigenvalue weighted by molar-refractivity contribution is 5.67. The molecule has 0 spiro atoms. The lowest BCUT2D eigenvalue weighted by Crippen LogP contribution is -2.39. The number of benzene rings is 1. The van der Waals surface area contributed by atoms with Gasteiger partial charge in [0, 0.05) is 5.92 Å². The van der Waals surface area contributed by atoms with Crippen LogP contribution in [0.1, 0.15) is 37.7 Å². The van der Waals surface area contributed by atoms with E-state index in [9.17, 15) is 9.90 Å². The van der Waals surface area contributed by atoms with Crippen LogP contribution in [0.4, 0.5) is 0 Å². The molecule has 1 saturated carbocycles. The zero-order chi connectivity index (χ0) is 12.3. The number of aliphatic hydroxyl groups is 1. The van der Waals surface area contributed by atoms with Gasteiger partial charge in [0.2, 0.25) is 0 Å². The molecule has 2 unspecified atom stereocenters. The first-order valence-corrected chi connectivity index (χ1v) is 6.12. The fourth-order valence-corrected chi connectivity index (χ4v) is 2.82. The highest BCUT2D eigenvalue weighted by Gasteiger charge is 2.41. The second kappa shape index (κ2) is 4.88. The average Bonchev–Trinajstić information content (AvgIpc) is 2.33. The molecule has 0 bridgehead atoms. The number of rotatable bonds is 3. The summed E-state index contributed by atoms with van der Waals surface area (Å²) in [7, 11) is 0. The second-order valence-corrected chi connectivity index (χ2v) is 4.83. The molecule has 0 aromatic heterocycles. The van der Waals surface area contributed by atoms with Crippen LogP contribution < -0.4 is 0 Å². The van der Waals surface area contributed by atoms with Gasteiger partial charge in [-0.3, -0.25) is 4.79 Å². The Morgan fingerprint density at radius 1 is 1.29 bits per heavy atom. The van der Waals surface area contributed by atoms with E-state index in [2.05, 4.69) is 0 Å². The van der Waals surface area contributed by atoms with Gasteiger partial charge in [-0.05, 0) is 18.4 Å². The molecule has 1 aliphatic carbocycles. The normalized spacial score (nSPS) is 28.9. The molecule has 3 heteroatoms. The smallest absolute Gasteiger partial charge is 0.303 e. The second-order valence-electron chi connectivity index (χ2n) is 4.83. The Hall–Kier alpha value is -1.35. The van der Waals surface area contributed by atoms with Gasteiger partial charge in [0.1, 0.15) is 0 Å². The lowest BCUT2D eigenvalue weighted by Gasteiger charge is -2.40. The van der Waals surface area contributed by atoms with Crippen molar-refractivity contribution in [2.24, 2.45) is 5.92 Å². The molecule has 92 valence electrons. The van der Waals surface area contributed by atoms with E-state index in [-0.39, 0.29) is 12.3 Å². The quantitative estimate of drug-likeness (QED) is 0.845. The molecule has 0 radical (unpaired) electrons. The summed E-state index contributed by atoms with van der Waals surface area (Å²) in [5.74, 6) is -0.998. The third-order valence-corrected chi connectivity index (χ3v) is 3.73. The largest absolute Gasteiger partial charge is 0.481 e. The number of carboxylic acids is 1. The zero-order valence-electron chi connectivity index (χ0n) is 9.80. The van der Waals surface area contributed by atoms with Crippen LogP contribution in [0.25, 0.3) is 0 Å². The Balaban J connectivity index is 2.28. The maximum atomic E-state index is 10.9. The summed E-state index contributed by atoms with van der Waals surface area (Å²) in [5.41, 5.74) is -0.108. The fourth-order valence-electron chi connectivity index (χ4n) is 2.82. The van der Waals surface area contributed by atoms with E-state index in [0.717, 1.165) is 24.8 Å². The van der Waals surface area contributed by atoms with Gasteiger partial charge in [-0.1, -0.05) is 43.2 Å². The molecule has 1 aliphatic rings. The van der Waals surface area contributed by atoms with Gasteiger partial charge in [0.15, 0.2) is 0 Å². The van der Waals surface area contributed by atoms with Crippen molar-refractivity contribution in [1.82, 2.24) is 0 Å². The lowest BCUT2D eigenvalue weighted by molar-refractivity contribution is -0.143. The van der Waals surface area contributed by atoms with Gasteiger partial charge < -0.3 is 10.2 Å². The minimum absolute atomic E-state index is 0.0470. The first-order valence-electron chi connectivity index (χ1n) is 6.12. The van der Waals surface area contributed by atoms with E-state index in [1.807, 2.05) is 30.3 Å². The molecular weight excluding hydrogens is 216 g/mol. The van der Waals surface area contributed by atoms with Crippen molar-refractivity contribution in [3.63, 3.8) is 0 Å². The van der Waals surface area contributed by atoms with Crippen LogP contribution >= 0.6 is 0 Å².